The summed E-state index contributed by atoms with van der Waals surface area (Å²) in [6, 6.07) is 6.32. The third-order valence-electron chi connectivity index (χ3n) is 8.28. The summed E-state index contributed by atoms with van der Waals surface area (Å²) in [4.78, 5) is 83.7. The molecule has 344 valence electrons. The highest BCUT2D eigenvalue weighted by Crippen LogP contribution is 2.66. The maximum absolute atomic E-state index is 12.4. The van der Waals surface area contributed by atoms with Crippen molar-refractivity contribution in [3.8, 4) is 17.6 Å². The molecule has 2 amide bonds. The maximum atomic E-state index is 12.4. The SMILES string of the molecule is COC1CC(n2cc(C#CCNC(=O)COCCOC(COc3cccc(C(=O)NCCCC(C)=O)c3)N=[N+]=[N-])c3c(N)ncnc32)OC1COP(=O)(O)OP(=O)(O)OP(=O)(O)O. The molecule has 1 aliphatic rings. The number of azide groups is 1. The van der Waals surface area contributed by atoms with Crippen LogP contribution in [0.5, 0.6) is 5.75 Å². The number of phosphoric acid groups is 3. The van der Waals surface area contributed by atoms with Gasteiger partial charge in [0.1, 0.15) is 54.9 Å². The number of aromatic nitrogens is 3. The highest BCUT2D eigenvalue weighted by Gasteiger charge is 2.43. The van der Waals surface area contributed by atoms with Crippen LogP contribution in [0.2, 0.25) is 0 Å². The zero-order chi connectivity index (χ0) is 46.2. The monoisotopic (exact) mass is 947 g/mol. The van der Waals surface area contributed by atoms with E-state index in [2.05, 4.69) is 51.1 Å². The van der Waals surface area contributed by atoms with Crippen LogP contribution in [0.15, 0.2) is 41.9 Å². The molecule has 1 aromatic carbocycles. The Morgan fingerprint density at radius 3 is 2.62 bits per heavy atom. The molecule has 0 aliphatic carbocycles. The molecule has 6 atom stereocenters. The average Bonchev–Trinajstić information content (AvgIpc) is 3.79. The van der Waals surface area contributed by atoms with Crippen LogP contribution in [0, 0.1) is 11.8 Å². The molecule has 0 radical (unpaired) electrons. The van der Waals surface area contributed by atoms with Crippen molar-refractivity contribution in [1.82, 2.24) is 25.2 Å². The molecule has 8 N–H and O–H groups in total. The molecule has 0 spiro atoms. The lowest BCUT2D eigenvalue weighted by Crippen LogP contribution is -2.29. The number of ketones is 1. The summed E-state index contributed by atoms with van der Waals surface area (Å²) in [7, 11) is -15.4. The lowest BCUT2D eigenvalue weighted by Gasteiger charge is -2.20. The van der Waals surface area contributed by atoms with Crippen LogP contribution in [0.4, 0.5) is 5.82 Å². The Labute approximate surface area is 357 Å². The fraction of sp³-hybridized carbons (Fsp3) is 0.485. The lowest BCUT2D eigenvalue weighted by atomic mass is 10.2. The number of ether oxygens (including phenoxy) is 5. The van der Waals surface area contributed by atoms with E-state index in [1.165, 1.54) is 26.4 Å². The van der Waals surface area contributed by atoms with Gasteiger partial charge >= 0.3 is 23.5 Å². The molecule has 63 heavy (non-hydrogen) atoms. The Bertz CT molecular complexity index is 2350. The molecule has 1 saturated heterocycles. The van der Waals surface area contributed by atoms with Gasteiger partial charge in [0.15, 0.2) is 6.23 Å². The molecule has 2 aromatic heterocycles. The number of anilines is 1. The van der Waals surface area contributed by atoms with Gasteiger partial charge in [0, 0.05) is 43.2 Å². The van der Waals surface area contributed by atoms with E-state index in [9.17, 15) is 37.9 Å². The van der Waals surface area contributed by atoms with Crippen molar-refractivity contribution < 1.29 is 84.5 Å². The van der Waals surface area contributed by atoms with Gasteiger partial charge in [0.25, 0.3) is 5.91 Å². The first-order chi connectivity index (χ1) is 29.8. The smallest absolute Gasteiger partial charge is 0.490 e. The van der Waals surface area contributed by atoms with Gasteiger partial charge < -0.3 is 69.0 Å². The highest BCUT2D eigenvalue weighted by atomic mass is 31.3. The van der Waals surface area contributed by atoms with Gasteiger partial charge in [-0.15, -0.1) is 0 Å². The van der Waals surface area contributed by atoms with Crippen molar-refractivity contribution in [2.75, 3.05) is 59.0 Å². The Kier molecular flexibility index (Phi) is 19.1. The standard InChI is InChI=1S/C33H44N9O18P3/c1-21(43)6-4-11-37-33(45)22-7-3-9-24(14-22)56-19-28(40-41-35)55-13-12-54-18-27(44)36-10-5-8-23-16-42(32-30(23)31(34)38-20-39-32)29-15-25(53-2)26(58-29)17-57-62(49,50)60-63(51,52)59-61(46,47)48/h3,7,9,14,16,20,25-26,28-29H,4,6,10-13,15,17-19H2,1-2H3,(H,36,44)(H,37,45)(H,49,50)(H,51,52)(H2,34,38,39)(H2,46,47,48). The van der Waals surface area contributed by atoms with Crippen molar-refractivity contribution in [1.29, 1.82) is 0 Å². The first-order valence-corrected chi connectivity index (χ1v) is 22.9. The normalized spacial score (nSPS) is 18.5. The van der Waals surface area contributed by atoms with Gasteiger partial charge in [-0.1, -0.05) is 23.0 Å². The van der Waals surface area contributed by atoms with Gasteiger partial charge in [-0.25, -0.2) is 23.7 Å². The highest BCUT2D eigenvalue weighted by molar-refractivity contribution is 7.66. The number of hydrogen-bond donors (Lipinski definition) is 7. The topological polar surface area (TPSA) is 387 Å². The van der Waals surface area contributed by atoms with Crippen LogP contribution in [-0.4, -0.2) is 123 Å². The number of methoxy groups -OCH3 is 1. The van der Waals surface area contributed by atoms with Crippen molar-refractivity contribution in [2.45, 2.75) is 50.8 Å². The molecular weight excluding hydrogens is 903 g/mol. The van der Waals surface area contributed by atoms with Crippen LogP contribution in [0.1, 0.15) is 48.3 Å². The number of rotatable bonds is 25. The molecule has 0 saturated carbocycles. The number of phosphoric ester groups is 1. The number of nitrogens with zero attached hydrogens (tertiary/aromatic N) is 6. The number of hydrogen-bond acceptors (Lipinski definition) is 18. The van der Waals surface area contributed by atoms with Crippen molar-refractivity contribution in [2.24, 2.45) is 5.11 Å². The number of Topliss-reactive ketones (excluding diaryl/α,β-unsaturated/α-hetero) is 1. The number of nitrogen functional groups attached to an aromatic ring is 1. The third-order valence-corrected chi connectivity index (χ3v) is 12.1. The first-order valence-electron chi connectivity index (χ1n) is 18.4. The van der Waals surface area contributed by atoms with Gasteiger partial charge in [-0.2, -0.15) is 8.62 Å². The zero-order valence-electron chi connectivity index (χ0n) is 33.5. The molecule has 3 aromatic rings. The quantitative estimate of drug-likeness (QED) is 0.0159. The van der Waals surface area contributed by atoms with Crippen LogP contribution in [0.3, 0.4) is 0 Å². The predicted molar refractivity (Wildman–Crippen MR) is 215 cm³/mol. The molecule has 3 heterocycles. The summed E-state index contributed by atoms with van der Waals surface area (Å²) in [6.45, 7) is 0.267. The molecule has 0 bridgehead atoms. The molecular formula is C33H44N9O18P3. The van der Waals surface area contributed by atoms with Crippen LogP contribution in [0.25, 0.3) is 21.5 Å². The van der Waals surface area contributed by atoms with E-state index in [1.54, 1.807) is 29.0 Å². The number of nitrogens with one attached hydrogen (secondary N) is 2. The molecule has 1 fully saturated rings. The predicted octanol–water partition coefficient (Wildman–Crippen LogP) is 1.97. The number of amides is 2. The van der Waals surface area contributed by atoms with Crippen LogP contribution < -0.4 is 21.1 Å². The minimum absolute atomic E-state index is 0.0320. The lowest BCUT2D eigenvalue weighted by molar-refractivity contribution is -0.126. The van der Waals surface area contributed by atoms with E-state index in [1.807, 2.05) is 0 Å². The van der Waals surface area contributed by atoms with Gasteiger partial charge in [0.05, 0.1) is 43.4 Å². The van der Waals surface area contributed by atoms with Crippen molar-refractivity contribution >= 4 is 57.9 Å². The van der Waals surface area contributed by atoms with E-state index in [4.69, 9.17) is 49.3 Å². The van der Waals surface area contributed by atoms with Gasteiger partial charge in [-0.05, 0) is 37.1 Å². The van der Waals surface area contributed by atoms with E-state index in [-0.39, 0.29) is 62.5 Å². The maximum Gasteiger partial charge on any atom is 0.490 e. The Morgan fingerprint density at radius 1 is 1.13 bits per heavy atom. The number of fused-ring (bicyclic) bond motifs is 1. The molecule has 1 aliphatic heterocycles. The summed E-state index contributed by atoms with van der Waals surface area (Å²) < 4.78 is 76.5. The van der Waals surface area contributed by atoms with Crippen molar-refractivity contribution in [3.63, 3.8) is 0 Å². The largest absolute Gasteiger partial charge is 0.491 e. The Morgan fingerprint density at radius 2 is 1.90 bits per heavy atom. The van der Waals surface area contributed by atoms with E-state index in [0.717, 1.165) is 0 Å². The Balaban J connectivity index is 1.24. The second-order valence-corrected chi connectivity index (χ2v) is 17.4. The van der Waals surface area contributed by atoms with Gasteiger partial charge in [0.2, 0.25) is 5.91 Å². The summed E-state index contributed by atoms with van der Waals surface area (Å²) >= 11 is 0. The molecule has 27 nitrogen and oxygen atoms in total. The van der Waals surface area contributed by atoms with E-state index < -0.39 is 60.6 Å². The molecule has 6 unspecified atom stereocenters. The summed E-state index contributed by atoms with van der Waals surface area (Å²) in [5.41, 5.74) is 16.0. The van der Waals surface area contributed by atoms with Crippen molar-refractivity contribution in [3.05, 3.63) is 58.4 Å². The molecule has 30 heteroatoms. The fourth-order valence-electron chi connectivity index (χ4n) is 5.61. The number of nitrogens with two attached hydrogens (primary N) is 1. The number of carbonyl (C=O) groups excluding carboxylic acids is 3. The Hall–Kier alpha value is -4.83. The minimum Gasteiger partial charge on any atom is -0.491 e. The van der Waals surface area contributed by atoms with E-state index in [0.29, 0.717) is 41.6 Å². The average molecular weight is 948 g/mol. The van der Waals surface area contributed by atoms with Crippen LogP contribution >= 0.6 is 23.5 Å². The van der Waals surface area contributed by atoms with E-state index >= 15 is 0 Å². The zero-order valence-corrected chi connectivity index (χ0v) is 36.1. The minimum atomic E-state index is -5.73. The number of benzene rings is 1. The van der Waals surface area contributed by atoms with Crippen LogP contribution in [-0.2, 0) is 55.4 Å². The molecule has 4 rings (SSSR count). The second kappa shape index (κ2) is 23.7. The fourth-order valence-corrected chi connectivity index (χ4v) is 8.64. The summed E-state index contributed by atoms with van der Waals surface area (Å²) in [5.74, 6) is 5.25. The number of carbonyl (C=O) groups is 3. The third kappa shape index (κ3) is 17.0. The second-order valence-electron chi connectivity index (χ2n) is 13.0. The summed E-state index contributed by atoms with van der Waals surface area (Å²) in [6.07, 6.45) is -0.0575. The van der Waals surface area contributed by atoms with Gasteiger partial charge in [-0.3, -0.25) is 14.1 Å². The summed E-state index contributed by atoms with van der Waals surface area (Å²) in [5, 5.41) is 9.18. The first kappa shape index (κ1) is 50.8.